The predicted molar refractivity (Wildman–Crippen MR) is 78.2 cm³/mol. The van der Waals surface area contributed by atoms with E-state index in [4.69, 9.17) is 14.6 Å². The summed E-state index contributed by atoms with van der Waals surface area (Å²) in [6.45, 7) is 7.04. The van der Waals surface area contributed by atoms with E-state index in [0.29, 0.717) is 32.2 Å². The zero-order valence-electron chi connectivity index (χ0n) is 11.6. The molecular weight excluding hydrogens is 260 g/mol. The standard InChI is InChI=1S/C15H22O3S/c1-13(2)11-17-9-10-18-12-15-7-6-14(19-15)5-3-4-8-16/h6-7,13,16H,4,8-12H2,1-2H3. The highest BCUT2D eigenvalue weighted by atomic mass is 32.1. The molecule has 106 valence electrons. The van der Waals surface area contributed by atoms with E-state index in [1.165, 1.54) is 0 Å². The molecule has 1 heterocycles. The van der Waals surface area contributed by atoms with Crippen LogP contribution in [0.1, 0.15) is 30.0 Å². The van der Waals surface area contributed by atoms with Crippen LogP contribution in [0.3, 0.4) is 0 Å². The molecule has 0 atom stereocenters. The summed E-state index contributed by atoms with van der Waals surface area (Å²) in [4.78, 5) is 2.18. The van der Waals surface area contributed by atoms with Gasteiger partial charge >= 0.3 is 0 Å². The van der Waals surface area contributed by atoms with Crippen molar-refractivity contribution in [3.63, 3.8) is 0 Å². The molecule has 3 nitrogen and oxygen atoms in total. The molecule has 1 rings (SSSR count). The van der Waals surface area contributed by atoms with Crippen molar-refractivity contribution >= 4 is 11.3 Å². The molecule has 0 spiro atoms. The Labute approximate surface area is 119 Å². The average Bonchev–Trinajstić information content (AvgIpc) is 2.81. The summed E-state index contributed by atoms with van der Waals surface area (Å²) < 4.78 is 11.0. The summed E-state index contributed by atoms with van der Waals surface area (Å²) in [5, 5.41) is 8.64. The van der Waals surface area contributed by atoms with Gasteiger partial charge in [0.15, 0.2) is 0 Å². The number of rotatable bonds is 8. The zero-order chi connectivity index (χ0) is 13.9. The van der Waals surface area contributed by atoms with E-state index in [1.54, 1.807) is 11.3 Å². The Balaban J connectivity index is 2.15. The van der Waals surface area contributed by atoms with Crippen molar-refractivity contribution in [3.8, 4) is 11.8 Å². The Morgan fingerprint density at radius 1 is 1.26 bits per heavy atom. The molecule has 0 aliphatic carbocycles. The Morgan fingerprint density at radius 3 is 2.79 bits per heavy atom. The van der Waals surface area contributed by atoms with Crippen molar-refractivity contribution in [1.29, 1.82) is 0 Å². The lowest BCUT2D eigenvalue weighted by Gasteiger charge is -2.06. The lowest BCUT2D eigenvalue weighted by atomic mass is 10.2. The first-order valence-electron chi connectivity index (χ1n) is 6.56. The van der Waals surface area contributed by atoms with Gasteiger partial charge in [0.05, 0.1) is 31.3 Å². The molecule has 0 unspecified atom stereocenters. The summed E-state index contributed by atoms with van der Waals surface area (Å²) in [6.07, 6.45) is 0.525. The zero-order valence-corrected chi connectivity index (χ0v) is 12.5. The number of thiophene rings is 1. The largest absolute Gasteiger partial charge is 0.395 e. The van der Waals surface area contributed by atoms with Crippen LogP contribution in [-0.2, 0) is 16.1 Å². The van der Waals surface area contributed by atoms with E-state index in [1.807, 2.05) is 12.1 Å². The third-order valence-electron chi connectivity index (χ3n) is 2.18. The number of hydrogen-bond acceptors (Lipinski definition) is 4. The van der Waals surface area contributed by atoms with Gasteiger partial charge in [0, 0.05) is 17.9 Å². The molecule has 4 heteroatoms. The van der Waals surface area contributed by atoms with Gasteiger partial charge in [-0.2, -0.15) is 0 Å². The summed E-state index contributed by atoms with van der Waals surface area (Å²) in [5.41, 5.74) is 0. The van der Waals surface area contributed by atoms with Crippen LogP contribution in [0.15, 0.2) is 12.1 Å². The van der Waals surface area contributed by atoms with Crippen molar-refractivity contribution in [3.05, 3.63) is 21.9 Å². The fourth-order valence-electron chi connectivity index (χ4n) is 1.34. The summed E-state index contributed by atoms with van der Waals surface area (Å²) in [7, 11) is 0. The predicted octanol–water partition coefficient (Wildman–Crippen LogP) is 2.67. The van der Waals surface area contributed by atoms with Crippen LogP contribution < -0.4 is 0 Å². The van der Waals surface area contributed by atoms with Gasteiger partial charge in [0.1, 0.15) is 0 Å². The number of ether oxygens (including phenoxy) is 2. The van der Waals surface area contributed by atoms with Crippen LogP contribution in [0.4, 0.5) is 0 Å². The van der Waals surface area contributed by atoms with Crippen LogP contribution in [0.25, 0.3) is 0 Å². The second-order valence-electron chi connectivity index (χ2n) is 4.56. The molecule has 0 bridgehead atoms. The number of aliphatic hydroxyl groups is 1. The molecule has 1 aromatic rings. The smallest absolute Gasteiger partial charge is 0.0810 e. The maximum Gasteiger partial charge on any atom is 0.0810 e. The first-order valence-corrected chi connectivity index (χ1v) is 7.38. The van der Waals surface area contributed by atoms with Crippen molar-refractivity contribution in [2.45, 2.75) is 26.9 Å². The molecule has 1 aromatic heterocycles. The summed E-state index contributed by atoms with van der Waals surface area (Å²) in [5.74, 6) is 6.49. The van der Waals surface area contributed by atoms with Crippen LogP contribution in [0.2, 0.25) is 0 Å². The fraction of sp³-hybridized carbons (Fsp3) is 0.600. The van der Waals surface area contributed by atoms with E-state index in [2.05, 4.69) is 25.7 Å². The van der Waals surface area contributed by atoms with Gasteiger partial charge in [-0.25, -0.2) is 0 Å². The molecule has 19 heavy (non-hydrogen) atoms. The third kappa shape index (κ3) is 8.02. The van der Waals surface area contributed by atoms with E-state index in [0.717, 1.165) is 16.4 Å². The highest BCUT2D eigenvalue weighted by molar-refractivity contribution is 7.12. The topological polar surface area (TPSA) is 38.7 Å². The van der Waals surface area contributed by atoms with Crippen molar-refractivity contribution in [2.75, 3.05) is 26.4 Å². The molecule has 0 saturated heterocycles. The third-order valence-corrected chi connectivity index (χ3v) is 3.15. The monoisotopic (exact) mass is 282 g/mol. The average molecular weight is 282 g/mol. The lowest BCUT2D eigenvalue weighted by molar-refractivity contribution is 0.0322. The minimum atomic E-state index is 0.116. The summed E-state index contributed by atoms with van der Waals surface area (Å²) in [6, 6.07) is 4.02. The van der Waals surface area contributed by atoms with Crippen LogP contribution in [-0.4, -0.2) is 31.5 Å². The van der Waals surface area contributed by atoms with Crippen molar-refractivity contribution < 1.29 is 14.6 Å². The minimum Gasteiger partial charge on any atom is -0.395 e. The molecule has 1 N–H and O–H groups in total. The van der Waals surface area contributed by atoms with Crippen molar-refractivity contribution in [1.82, 2.24) is 0 Å². The van der Waals surface area contributed by atoms with Gasteiger partial charge in [-0.1, -0.05) is 25.7 Å². The van der Waals surface area contributed by atoms with Gasteiger partial charge < -0.3 is 14.6 Å². The van der Waals surface area contributed by atoms with Crippen LogP contribution in [0.5, 0.6) is 0 Å². The Morgan fingerprint density at radius 2 is 2.05 bits per heavy atom. The highest BCUT2D eigenvalue weighted by Crippen LogP contribution is 2.16. The second-order valence-corrected chi connectivity index (χ2v) is 5.73. The first kappa shape index (κ1) is 16.2. The SMILES string of the molecule is CC(C)COCCOCc1ccc(C#CCCO)s1. The van der Waals surface area contributed by atoms with E-state index >= 15 is 0 Å². The lowest BCUT2D eigenvalue weighted by Crippen LogP contribution is -2.08. The minimum absolute atomic E-state index is 0.116. The van der Waals surface area contributed by atoms with Gasteiger partial charge in [-0.3, -0.25) is 0 Å². The quantitative estimate of drug-likeness (QED) is 0.588. The van der Waals surface area contributed by atoms with E-state index in [-0.39, 0.29) is 6.61 Å². The fourth-order valence-corrected chi connectivity index (χ4v) is 2.16. The van der Waals surface area contributed by atoms with Crippen LogP contribution in [0, 0.1) is 17.8 Å². The number of hydrogen-bond donors (Lipinski definition) is 1. The molecule has 0 amide bonds. The molecule has 0 radical (unpaired) electrons. The van der Waals surface area contributed by atoms with Gasteiger partial charge in [-0.15, -0.1) is 11.3 Å². The number of aliphatic hydroxyl groups excluding tert-OH is 1. The molecule has 0 aliphatic rings. The maximum absolute atomic E-state index is 8.64. The Bertz CT molecular complexity index is 401. The second kappa shape index (κ2) is 9.99. The molecule has 0 aliphatic heterocycles. The Kier molecular flexibility index (Phi) is 8.52. The van der Waals surface area contributed by atoms with Gasteiger partial charge in [0.25, 0.3) is 0 Å². The molecule has 0 aromatic carbocycles. The van der Waals surface area contributed by atoms with Crippen molar-refractivity contribution in [2.24, 2.45) is 5.92 Å². The van der Waals surface area contributed by atoms with Gasteiger partial charge in [-0.05, 0) is 18.1 Å². The Hall–Kier alpha value is -0.860. The first-order chi connectivity index (χ1) is 9.22. The van der Waals surface area contributed by atoms with Gasteiger partial charge in [0.2, 0.25) is 0 Å². The highest BCUT2D eigenvalue weighted by Gasteiger charge is 1.99. The molecule has 0 saturated carbocycles. The molecule has 0 fully saturated rings. The normalized spacial score (nSPS) is 10.5. The van der Waals surface area contributed by atoms with E-state index < -0.39 is 0 Å². The van der Waals surface area contributed by atoms with E-state index in [9.17, 15) is 0 Å². The summed E-state index contributed by atoms with van der Waals surface area (Å²) >= 11 is 1.63. The van der Waals surface area contributed by atoms with Crippen LogP contribution >= 0.6 is 11.3 Å². The maximum atomic E-state index is 8.64. The molecular formula is C15H22O3S.